The smallest absolute Gasteiger partial charge is 0.0587 e. The molecule has 0 amide bonds. The number of hydrogen-bond donors (Lipinski definition) is 1. The molecule has 0 aromatic heterocycles. The molecule has 3 heteroatoms. The maximum absolute atomic E-state index is 5.60. The first-order valence-corrected chi connectivity index (χ1v) is 6.59. The van der Waals surface area contributed by atoms with E-state index >= 15 is 0 Å². The Hall–Kier alpha value is -0.380. The predicted molar refractivity (Wildman–Crippen MR) is 73.4 cm³/mol. The van der Waals surface area contributed by atoms with Crippen molar-refractivity contribution in [1.29, 1.82) is 0 Å². The van der Waals surface area contributed by atoms with Crippen LogP contribution in [0.5, 0.6) is 0 Å². The van der Waals surface area contributed by atoms with Gasteiger partial charge in [-0.05, 0) is 18.3 Å². The Balaban J connectivity index is 3.65. The maximum Gasteiger partial charge on any atom is 0.0587 e. The lowest BCUT2D eigenvalue weighted by atomic mass is 9.87. The molecule has 0 aromatic rings. The highest BCUT2D eigenvalue weighted by molar-refractivity contribution is 4.92. The summed E-state index contributed by atoms with van der Waals surface area (Å²) in [5, 5.41) is 3.38. The highest BCUT2D eigenvalue weighted by Crippen LogP contribution is 2.21. The molecule has 102 valence electrons. The van der Waals surface area contributed by atoms with E-state index in [2.05, 4.69) is 25.7 Å². The van der Waals surface area contributed by atoms with Gasteiger partial charge in [0.05, 0.1) is 6.61 Å². The third-order valence-corrected chi connectivity index (χ3v) is 2.96. The second-order valence-corrected chi connectivity index (χ2v) is 4.74. The van der Waals surface area contributed by atoms with Crippen LogP contribution >= 0.6 is 0 Å². The van der Waals surface area contributed by atoms with E-state index in [0.717, 1.165) is 45.8 Å². The molecular formula is C14H29NO2. The Morgan fingerprint density at radius 3 is 2.65 bits per heavy atom. The van der Waals surface area contributed by atoms with E-state index in [1.165, 1.54) is 6.42 Å². The number of ether oxygens (including phenoxy) is 2. The average molecular weight is 243 g/mol. The van der Waals surface area contributed by atoms with Crippen molar-refractivity contribution in [3.8, 4) is 0 Å². The fraction of sp³-hybridized carbons (Fsp3) is 0.857. The molecule has 0 spiro atoms. The summed E-state index contributed by atoms with van der Waals surface area (Å²) < 4.78 is 10.6. The summed E-state index contributed by atoms with van der Waals surface area (Å²) in [5.74, 6) is 0. The van der Waals surface area contributed by atoms with E-state index in [1.807, 2.05) is 6.08 Å². The minimum atomic E-state index is 0.111. The van der Waals surface area contributed by atoms with Crippen LogP contribution in [-0.2, 0) is 9.47 Å². The molecule has 0 fully saturated rings. The van der Waals surface area contributed by atoms with Crippen molar-refractivity contribution >= 4 is 0 Å². The molecule has 1 atom stereocenters. The Bertz CT molecular complexity index is 185. The van der Waals surface area contributed by atoms with Crippen LogP contribution in [0, 0.1) is 5.41 Å². The van der Waals surface area contributed by atoms with Crippen molar-refractivity contribution < 1.29 is 9.47 Å². The van der Waals surface area contributed by atoms with E-state index in [1.54, 1.807) is 7.11 Å². The first-order chi connectivity index (χ1) is 8.18. The lowest BCUT2D eigenvalue weighted by Crippen LogP contribution is -2.33. The van der Waals surface area contributed by atoms with Gasteiger partial charge in [-0.3, -0.25) is 0 Å². The van der Waals surface area contributed by atoms with Crippen LogP contribution in [0.15, 0.2) is 12.7 Å². The van der Waals surface area contributed by atoms with Gasteiger partial charge in [0.25, 0.3) is 0 Å². The highest BCUT2D eigenvalue weighted by atomic mass is 16.5. The van der Waals surface area contributed by atoms with Gasteiger partial charge in [-0.1, -0.05) is 26.3 Å². The largest absolute Gasteiger partial charge is 0.383 e. The summed E-state index contributed by atoms with van der Waals surface area (Å²) in [6.07, 6.45) is 5.38. The zero-order valence-electron chi connectivity index (χ0n) is 11.8. The van der Waals surface area contributed by atoms with Gasteiger partial charge < -0.3 is 14.8 Å². The molecule has 0 aliphatic heterocycles. The lowest BCUT2D eigenvalue weighted by Gasteiger charge is -2.26. The third kappa shape index (κ3) is 9.33. The summed E-state index contributed by atoms with van der Waals surface area (Å²) in [6, 6.07) is 0. The molecule has 0 bridgehead atoms. The van der Waals surface area contributed by atoms with Crippen LogP contribution < -0.4 is 5.32 Å². The molecule has 1 N–H and O–H groups in total. The molecule has 0 aliphatic carbocycles. The molecule has 3 nitrogen and oxygen atoms in total. The van der Waals surface area contributed by atoms with Crippen molar-refractivity contribution in [2.45, 2.75) is 33.1 Å². The van der Waals surface area contributed by atoms with E-state index in [4.69, 9.17) is 9.47 Å². The quantitative estimate of drug-likeness (QED) is 0.422. The fourth-order valence-corrected chi connectivity index (χ4v) is 1.46. The van der Waals surface area contributed by atoms with Crippen molar-refractivity contribution in [1.82, 2.24) is 5.32 Å². The Morgan fingerprint density at radius 1 is 1.29 bits per heavy atom. The molecular weight excluding hydrogens is 214 g/mol. The Kier molecular flexibility index (Phi) is 10.5. The fourth-order valence-electron chi connectivity index (χ4n) is 1.46. The normalized spacial score (nSPS) is 14.5. The molecule has 0 rings (SSSR count). The first-order valence-electron chi connectivity index (χ1n) is 6.59. The van der Waals surface area contributed by atoms with Crippen LogP contribution in [0.2, 0.25) is 0 Å². The van der Waals surface area contributed by atoms with Gasteiger partial charge in [0.15, 0.2) is 0 Å². The number of rotatable bonds is 12. The number of unbranched alkanes of at least 4 members (excludes halogenated alkanes) is 1. The third-order valence-electron chi connectivity index (χ3n) is 2.96. The van der Waals surface area contributed by atoms with Gasteiger partial charge in [-0.15, -0.1) is 6.58 Å². The number of hydrogen-bond acceptors (Lipinski definition) is 3. The summed E-state index contributed by atoms with van der Waals surface area (Å²) in [5.41, 5.74) is 0.111. The van der Waals surface area contributed by atoms with Gasteiger partial charge in [0, 0.05) is 33.4 Å². The van der Waals surface area contributed by atoms with Crippen LogP contribution in [0.25, 0.3) is 0 Å². The van der Waals surface area contributed by atoms with Crippen LogP contribution in [0.1, 0.15) is 33.1 Å². The van der Waals surface area contributed by atoms with Gasteiger partial charge in [-0.2, -0.15) is 0 Å². The molecule has 0 radical (unpaired) electrons. The highest BCUT2D eigenvalue weighted by Gasteiger charge is 2.19. The van der Waals surface area contributed by atoms with Crippen LogP contribution in [0.3, 0.4) is 0 Å². The SMILES string of the molecule is C=CC(C)(CCOCCCC)CNCCOC. The summed E-state index contributed by atoms with van der Waals surface area (Å²) in [6.45, 7) is 12.6. The molecule has 1 unspecified atom stereocenters. The lowest BCUT2D eigenvalue weighted by molar-refractivity contribution is 0.107. The molecule has 0 aromatic carbocycles. The Labute approximate surface area is 107 Å². The summed E-state index contributed by atoms with van der Waals surface area (Å²) >= 11 is 0. The molecule has 0 saturated carbocycles. The van der Waals surface area contributed by atoms with Gasteiger partial charge in [-0.25, -0.2) is 0 Å². The second-order valence-electron chi connectivity index (χ2n) is 4.74. The zero-order valence-corrected chi connectivity index (χ0v) is 11.8. The van der Waals surface area contributed by atoms with E-state index in [0.29, 0.717) is 0 Å². The van der Waals surface area contributed by atoms with Crippen LogP contribution in [0.4, 0.5) is 0 Å². The average Bonchev–Trinajstić information content (AvgIpc) is 2.34. The van der Waals surface area contributed by atoms with Crippen molar-refractivity contribution in [3.05, 3.63) is 12.7 Å². The predicted octanol–water partition coefficient (Wildman–Crippen LogP) is 2.62. The minimum absolute atomic E-state index is 0.111. The van der Waals surface area contributed by atoms with Crippen LogP contribution in [-0.4, -0.2) is 40.0 Å². The number of nitrogens with one attached hydrogen (secondary N) is 1. The van der Waals surface area contributed by atoms with Crippen molar-refractivity contribution in [3.63, 3.8) is 0 Å². The second kappa shape index (κ2) is 10.8. The Morgan fingerprint density at radius 2 is 2.06 bits per heavy atom. The summed E-state index contributed by atoms with van der Waals surface area (Å²) in [7, 11) is 1.72. The zero-order chi connectivity index (χ0) is 13.0. The first kappa shape index (κ1) is 16.6. The minimum Gasteiger partial charge on any atom is -0.383 e. The topological polar surface area (TPSA) is 30.5 Å². The van der Waals surface area contributed by atoms with Gasteiger partial charge in [0.2, 0.25) is 0 Å². The standard InChI is InChI=1S/C14H29NO2/c1-5-7-10-17-11-8-14(3,6-2)13-15-9-12-16-4/h6,15H,2,5,7-13H2,1,3-4H3. The molecule has 0 saturated heterocycles. The van der Waals surface area contributed by atoms with Crippen molar-refractivity contribution in [2.75, 3.05) is 40.0 Å². The molecule has 17 heavy (non-hydrogen) atoms. The van der Waals surface area contributed by atoms with Crippen molar-refractivity contribution in [2.24, 2.45) is 5.41 Å². The van der Waals surface area contributed by atoms with E-state index < -0.39 is 0 Å². The van der Waals surface area contributed by atoms with Gasteiger partial charge >= 0.3 is 0 Å². The monoisotopic (exact) mass is 243 g/mol. The molecule has 0 heterocycles. The summed E-state index contributed by atoms with van der Waals surface area (Å²) in [4.78, 5) is 0. The number of methoxy groups -OCH3 is 1. The van der Waals surface area contributed by atoms with Gasteiger partial charge in [0.1, 0.15) is 0 Å². The maximum atomic E-state index is 5.60. The van der Waals surface area contributed by atoms with E-state index in [-0.39, 0.29) is 5.41 Å². The van der Waals surface area contributed by atoms with E-state index in [9.17, 15) is 0 Å². The molecule has 0 aliphatic rings.